The van der Waals surface area contributed by atoms with Gasteiger partial charge in [-0.15, -0.1) is 11.8 Å². The minimum absolute atomic E-state index is 0.532. The van der Waals surface area contributed by atoms with Crippen LogP contribution < -0.4 is 5.32 Å². The lowest BCUT2D eigenvalue weighted by atomic mass is 10.1. The molecule has 1 nitrogen and oxygen atoms in total. The minimum Gasteiger partial charge on any atom is -0.316 e. The summed E-state index contributed by atoms with van der Waals surface area (Å²) in [7, 11) is 0. The molecule has 1 saturated heterocycles. The Morgan fingerprint density at radius 2 is 2.36 bits per heavy atom. The molecule has 0 spiro atoms. The average molecular weight is 151 g/mol. The zero-order valence-corrected chi connectivity index (χ0v) is 7.48. The van der Waals surface area contributed by atoms with Crippen molar-refractivity contribution in [1.29, 1.82) is 0 Å². The fourth-order valence-electron chi connectivity index (χ4n) is 1.30. The van der Waals surface area contributed by atoms with E-state index < -0.39 is 0 Å². The monoisotopic (exact) mass is 151 g/mol. The highest BCUT2D eigenvalue weighted by molar-refractivity contribution is 5.02. The van der Waals surface area contributed by atoms with Crippen molar-refractivity contribution in [2.24, 2.45) is 11.8 Å². The Hall–Kier alpha value is -0.480. The highest BCUT2D eigenvalue weighted by atomic mass is 14.9. The van der Waals surface area contributed by atoms with E-state index >= 15 is 0 Å². The van der Waals surface area contributed by atoms with Crippen molar-refractivity contribution >= 4 is 0 Å². The fraction of sp³-hybridized carbons (Fsp3) is 0.800. The quantitative estimate of drug-likeness (QED) is 0.562. The molecule has 1 N–H and O–H groups in total. The van der Waals surface area contributed by atoms with E-state index in [1.165, 1.54) is 19.5 Å². The summed E-state index contributed by atoms with van der Waals surface area (Å²) < 4.78 is 0. The molecule has 11 heavy (non-hydrogen) atoms. The minimum atomic E-state index is 0.532. The van der Waals surface area contributed by atoms with Crippen molar-refractivity contribution in [2.45, 2.75) is 26.7 Å². The molecule has 1 atom stereocenters. The largest absolute Gasteiger partial charge is 0.316 e. The highest BCUT2D eigenvalue weighted by Gasteiger charge is 2.11. The van der Waals surface area contributed by atoms with Crippen LogP contribution in [0.5, 0.6) is 0 Å². The van der Waals surface area contributed by atoms with Crippen LogP contribution in [-0.4, -0.2) is 13.1 Å². The summed E-state index contributed by atoms with van der Waals surface area (Å²) in [5, 5.41) is 3.34. The lowest BCUT2D eigenvalue weighted by molar-refractivity contribution is 0.601. The van der Waals surface area contributed by atoms with Gasteiger partial charge in [0, 0.05) is 12.3 Å². The summed E-state index contributed by atoms with van der Waals surface area (Å²) in [5.74, 6) is 7.78. The summed E-state index contributed by atoms with van der Waals surface area (Å²) >= 11 is 0. The van der Waals surface area contributed by atoms with Crippen molar-refractivity contribution < 1.29 is 0 Å². The Morgan fingerprint density at radius 3 is 2.91 bits per heavy atom. The van der Waals surface area contributed by atoms with Gasteiger partial charge in [0.25, 0.3) is 0 Å². The van der Waals surface area contributed by atoms with E-state index in [1.807, 2.05) is 0 Å². The van der Waals surface area contributed by atoms with Crippen LogP contribution in [0.3, 0.4) is 0 Å². The molecule has 0 saturated carbocycles. The van der Waals surface area contributed by atoms with E-state index in [0.717, 1.165) is 12.3 Å². The maximum Gasteiger partial charge on any atom is 0.0146 e. The molecule has 1 aliphatic heterocycles. The van der Waals surface area contributed by atoms with Crippen LogP contribution in [0.1, 0.15) is 26.7 Å². The molecule has 1 fully saturated rings. The van der Waals surface area contributed by atoms with Crippen LogP contribution in [0.15, 0.2) is 0 Å². The van der Waals surface area contributed by atoms with Gasteiger partial charge in [-0.25, -0.2) is 0 Å². The van der Waals surface area contributed by atoms with Crippen LogP contribution in [0.2, 0.25) is 0 Å². The molecule has 62 valence electrons. The molecule has 0 aliphatic carbocycles. The van der Waals surface area contributed by atoms with Crippen molar-refractivity contribution in [2.75, 3.05) is 13.1 Å². The van der Waals surface area contributed by atoms with Crippen molar-refractivity contribution in [3.05, 3.63) is 0 Å². The van der Waals surface area contributed by atoms with Gasteiger partial charge in [-0.3, -0.25) is 0 Å². The molecule has 0 aromatic rings. The van der Waals surface area contributed by atoms with Crippen molar-refractivity contribution in [1.82, 2.24) is 5.32 Å². The maximum atomic E-state index is 3.34. The van der Waals surface area contributed by atoms with Gasteiger partial charge in [-0.1, -0.05) is 13.8 Å². The van der Waals surface area contributed by atoms with Gasteiger partial charge in [0.1, 0.15) is 0 Å². The third-order valence-corrected chi connectivity index (χ3v) is 1.94. The molecule has 1 unspecified atom stereocenters. The van der Waals surface area contributed by atoms with Gasteiger partial charge in [-0.2, -0.15) is 0 Å². The van der Waals surface area contributed by atoms with Gasteiger partial charge in [-0.05, 0) is 25.4 Å². The van der Waals surface area contributed by atoms with Gasteiger partial charge in [0.05, 0.1) is 0 Å². The molecule has 0 aromatic carbocycles. The van der Waals surface area contributed by atoms with Crippen molar-refractivity contribution in [3.8, 4) is 11.8 Å². The summed E-state index contributed by atoms with van der Waals surface area (Å²) in [5.41, 5.74) is 0. The van der Waals surface area contributed by atoms with E-state index in [9.17, 15) is 0 Å². The second-order valence-electron chi connectivity index (χ2n) is 3.54. The first-order valence-electron chi connectivity index (χ1n) is 4.48. The standard InChI is InChI=1S/C10H17N/c1-9(2)4-3-5-10-6-7-11-8-10/h9-11H,5-8H2,1-2H3. The molecule has 0 aromatic heterocycles. The molecule has 1 heterocycles. The Bertz CT molecular complexity index is 155. The van der Waals surface area contributed by atoms with Crippen LogP contribution in [0.4, 0.5) is 0 Å². The van der Waals surface area contributed by atoms with E-state index in [2.05, 4.69) is 31.0 Å². The normalized spacial score (nSPS) is 23.4. The lowest BCUT2D eigenvalue weighted by Crippen LogP contribution is -2.08. The summed E-state index contributed by atoms with van der Waals surface area (Å²) in [6, 6.07) is 0. The number of hydrogen-bond donors (Lipinski definition) is 1. The zero-order chi connectivity index (χ0) is 8.10. The molecule has 1 heteroatoms. The first-order valence-corrected chi connectivity index (χ1v) is 4.48. The smallest absolute Gasteiger partial charge is 0.0146 e. The fourth-order valence-corrected chi connectivity index (χ4v) is 1.30. The van der Waals surface area contributed by atoms with E-state index in [-0.39, 0.29) is 0 Å². The molecule has 0 bridgehead atoms. The van der Waals surface area contributed by atoms with E-state index in [0.29, 0.717) is 5.92 Å². The number of nitrogens with one attached hydrogen (secondary N) is 1. The van der Waals surface area contributed by atoms with Crippen LogP contribution in [-0.2, 0) is 0 Å². The molecule has 0 radical (unpaired) electrons. The SMILES string of the molecule is CC(C)C#CCC1CCNC1. The Morgan fingerprint density at radius 1 is 1.55 bits per heavy atom. The second kappa shape index (κ2) is 4.41. The second-order valence-corrected chi connectivity index (χ2v) is 3.54. The molecular weight excluding hydrogens is 134 g/mol. The molecule has 1 rings (SSSR count). The average Bonchev–Trinajstić information content (AvgIpc) is 2.39. The summed E-state index contributed by atoms with van der Waals surface area (Å²) in [6.07, 6.45) is 2.40. The summed E-state index contributed by atoms with van der Waals surface area (Å²) in [4.78, 5) is 0. The third-order valence-electron chi connectivity index (χ3n) is 1.94. The van der Waals surface area contributed by atoms with Crippen molar-refractivity contribution in [3.63, 3.8) is 0 Å². The molecule has 1 aliphatic rings. The first-order chi connectivity index (χ1) is 5.29. The number of rotatable bonds is 1. The number of hydrogen-bond acceptors (Lipinski definition) is 1. The predicted octanol–water partition coefficient (Wildman–Crippen LogP) is 1.65. The lowest BCUT2D eigenvalue weighted by Gasteiger charge is -1.99. The zero-order valence-electron chi connectivity index (χ0n) is 7.48. The highest BCUT2D eigenvalue weighted by Crippen LogP contribution is 2.10. The Labute approximate surface area is 69.6 Å². The topological polar surface area (TPSA) is 12.0 Å². The van der Waals surface area contributed by atoms with E-state index in [4.69, 9.17) is 0 Å². The molecule has 0 amide bonds. The van der Waals surface area contributed by atoms with Crippen LogP contribution >= 0.6 is 0 Å². The summed E-state index contributed by atoms with van der Waals surface area (Å²) in [6.45, 7) is 6.64. The van der Waals surface area contributed by atoms with Gasteiger partial charge in [0.2, 0.25) is 0 Å². The van der Waals surface area contributed by atoms with Gasteiger partial charge < -0.3 is 5.32 Å². The maximum absolute atomic E-state index is 3.34. The predicted molar refractivity (Wildman–Crippen MR) is 48.2 cm³/mol. The first kappa shape index (κ1) is 8.62. The van der Waals surface area contributed by atoms with Gasteiger partial charge >= 0.3 is 0 Å². The Kier molecular flexibility index (Phi) is 3.45. The molecular formula is C10H17N. The van der Waals surface area contributed by atoms with E-state index in [1.54, 1.807) is 0 Å². The van der Waals surface area contributed by atoms with Crippen LogP contribution in [0.25, 0.3) is 0 Å². The van der Waals surface area contributed by atoms with Crippen LogP contribution in [0, 0.1) is 23.7 Å². The Balaban J connectivity index is 2.16. The third kappa shape index (κ3) is 3.43. The van der Waals surface area contributed by atoms with Gasteiger partial charge in [0.15, 0.2) is 0 Å².